The lowest BCUT2D eigenvalue weighted by atomic mass is 10.2. The van der Waals surface area contributed by atoms with Crippen LogP contribution in [0.5, 0.6) is 0 Å². The van der Waals surface area contributed by atoms with Crippen LogP contribution in [-0.4, -0.2) is 13.4 Å². The third-order valence-corrected chi connectivity index (χ3v) is 5.38. The van der Waals surface area contributed by atoms with E-state index in [1.807, 2.05) is 13.8 Å². The van der Waals surface area contributed by atoms with Crippen molar-refractivity contribution < 1.29 is 8.42 Å². The van der Waals surface area contributed by atoms with Crippen LogP contribution in [0.4, 0.5) is 0 Å². The van der Waals surface area contributed by atoms with Gasteiger partial charge in [-0.1, -0.05) is 12.1 Å². The number of aromatic nitrogens is 1. The first-order chi connectivity index (χ1) is 9.77. The maximum absolute atomic E-state index is 11.2. The van der Waals surface area contributed by atoms with Crippen LogP contribution in [-0.2, 0) is 16.6 Å². The Morgan fingerprint density at radius 1 is 1.29 bits per heavy atom. The zero-order valence-corrected chi connectivity index (χ0v) is 13.9. The molecule has 0 aliphatic rings. The Kier molecular flexibility index (Phi) is 4.77. The largest absolute Gasteiger partial charge is 0.305 e. The number of thiazole rings is 1. The molecule has 21 heavy (non-hydrogen) atoms. The normalized spacial score (nSPS) is 13.3. The average Bonchev–Trinajstić information content (AvgIpc) is 2.74. The molecule has 0 saturated carbocycles. The smallest absolute Gasteiger partial charge is 0.238 e. The van der Waals surface area contributed by atoms with E-state index in [1.165, 1.54) is 17.0 Å². The summed E-state index contributed by atoms with van der Waals surface area (Å²) in [6.07, 6.45) is 0. The van der Waals surface area contributed by atoms with Gasteiger partial charge >= 0.3 is 0 Å². The highest BCUT2D eigenvalue weighted by atomic mass is 32.2. The third kappa shape index (κ3) is 4.10. The number of benzene rings is 1. The lowest BCUT2D eigenvalue weighted by molar-refractivity contribution is 0.579. The molecule has 2 aromatic rings. The molecule has 0 aliphatic heterocycles. The van der Waals surface area contributed by atoms with Crippen molar-refractivity contribution in [3.63, 3.8) is 0 Å². The fourth-order valence-electron chi connectivity index (χ4n) is 2.11. The minimum Gasteiger partial charge on any atom is -0.305 e. The van der Waals surface area contributed by atoms with E-state index < -0.39 is 10.0 Å². The quantitative estimate of drug-likeness (QED) is 0.883. The van der Waals surface area contributed by atoms with Gasteiger partial charge in [-0.3, -0.25) is 0 Å². The maximum atomic E-state index is 11.2. The molecule has 5 nitrogen and oxygen atoms in total. The topological polar surface area (TPSA) is 85.1 Å². The molecule has 0 fully saturated rings. The summed E-state index contributed by atoms with van der Waals surface area (Å²) in [5.74, 6) is 0. The average molecular weight is 325 g/mol. The van der Waals surface area contributed by atoms with Gasteiger partial charge < -0.3 is 5.32 Å². The van der Waals surface area contributed by atoms with E-state index in [9.17, 15) is 8.42 Å². The molecular formula is C14H19N3O2S2. The molecule has 1 atom stereocenters. The number of hydrogen-bond donors (Lipinski definition) is 2. The second kappa shape index (κ2) is 6.23. The monoisotopic (exact) mass is 325 g/mol. The van der Waals surface area contributed by atoms with Crippen LogP contribution < -0.4 is 10.5 Å². The second-order valence-electron chi connectivity index (χ2n) is 4.97. The van der Waals surface area contributed by atoms with Gasteiger partial charge in [0.2, 0.25) is 10.0 Å². The number of aryl methyl sites for hydroxylation is 2. The molecule has 0 bridgehead atoms. The Morgan fingerprint density at radius 3 is 2.38 bits per heavy atom. The van der Waals surface area contributed by atoms with Crippen LogP contribution in [0.1, 0.15) is 34.1 Å². The molecule has 7 heteroatoms. The van der Waals surface area contributed by atoms with Crippen molar-refractivity contribution in [3.05, 3.63) is 45.4 Å². The van der Waals surface area contributed by atoms with E-state index in [4.69, 9.17) is 5.14 Å². The first-order valence-corrected chi connectivity index (χ1v) is 8.92. The van der Waals surface area contributed by atoms with Crippen molar-refractivity contribution in [3.8, 4) is 0 Å². The minimum absolute atomic E-state index is 0.133. The molecule has 1 heterocycles. The summed E-state index contributed by atoms with van der Waals surface area (Å²) in [6, 6.07) is 6.79. The SMILES string of the molecule is Cc1nc(C)c(C(C)NCc2ccc(S(N)(=O)=O)cc2)s1. The number of nitrogens with two attached hydrogens (primary N) is 1. The molecule has 0 spiro atoms. The maximum Gasteiger partial charge on any atom is 0.238 e. The van der Waals surface area contributed by atoms with Crippen LogP contribution in [0.2, 0.25) is 0 Å². The fraction of sp³-hybridized carbons (Fsp3) is 0.357. The van der Waals surface area contributed by atoms with Gasteiger partial charge in [-0.05, 0) is 38.5 Å². The van der Waals surface area contributed by atoms with Gasteiger partial charge in [-0.2, -0.15) is 0 Å². The Labute approximate surface area is 129 Å². The first kappa shape index (κ1) is 16.1. The van der Waals surface area contributed by atoms with Gasteiger partial charge in [0.1, 0.15) is 0 Å². The van der Waals surface area contributed by atoms with Crippen molar-refractivity contribution in [1.29, 1.82) is 0 Å². The molecule has 2 rings (SSSR count). The molecule has 0 aliphatic carbocycles. The standard InChI is InChI=1S/C14H19N3O2S2/c1-9(14-10(2)17-11(3)20-14)16-8-12-4-6-13(7-5-12)21(15,18)19/h4-7,9,16H,8H2,1-3H3,(H2,15,18,19). The van der Waals surface area contributed by atoms with Gasteiger partial charge in [-0.15, -0.1) is 11.3 Å². The summed E-state index contributed by atoms with van der Waals surface area (Å²) in [4.78, 5) is 5.79. The Morgan fingerprint density at radius 2 is 1.90 bits per heavy atom. The molecule has 3 N–H and O–H groups in total. The highest BCUT2D eigenvalue weighted by Gasteiger charge is 2.12. The number of sulfonamides is 1. The minimum atomic E-state index is -3.62. The van der Waals surface area contributed by atoms with Crippen molar-refractivity contribution in [2.75, 3.05) is 0 Å². The molecule has 1 aromatic heterocycles. The summed E-state index contributed by atoms with van der Waals surface area (Å²) in [6.45, 7) is 6.76. The first-order valence-electron chi connectivity index (χ1n) is 6.56. The lowest BCUT2D eigenvalue weighted by Crippen LogP contribution is -2.18. The van der Waals surface area contributed by atoms with E-state index in [0.717, 1.165) is 16.3 Å². The number of rotatable bonds is 5. The summed E-state index contributed by atoms with van der Waals surface area (Å²) >= 11 is 1.69. The zero-order chi connectivity index (χ0) is 15.6. The molecule has 1 aromatic carbocycles. The Balaban J connectivity index is 2.01. The highest BCUT2D eigenvalue weighted by molar-refractivity contribution is 7.89. The highest BCUT2D eigenvalue weighted by Crippen LogP contribution is 2.24. The number of hydrogen-bond acceptors (Lipinski definition) is 5. The zero-order valence-electron chi connectivity index (χ0n) is 12.3. The Bertz CT molecular complexity index is 721. The van der Waals surface area contributed by atoms with Crippen molar-refractivity contribution in [2.45, 2.75) is 38.3 Å². The predicted molar refractivity (Wildman–Crippen MR) is 84.7 cm³/mol. The second-order valence-corrected chi connectivity index (χ2v) is 7.77. The van der Waals surface area contributed by atoms with Gasteiger partial charge in [0, 0.05) is 17.5 Å². The van der Waals surface area contributed by atoms with E-state index in [-0.39, 0.29) is 10.9 Å². The molecule has 114 valence electrons. The third-order valence-electron chi connectivity index (χ3n) is 3.20. The summed E-state index contributed by atoms with van der Waals surface area (Å²) in [5, 5.41) is 9.56. The van der Waals surface area contributed by atoms with Crippen LogP contribution in [0.15, 0.2) is 29.2 Å². The van der Waals surface area contributed by atoms with E-state index in [0.29, 0.717) is 6.54 Å². The Hall–Kier alpha value is -1.28. The van der Waals surface area contributed by atoms with Gasteiger partial charge in [-0.25, -0.2) is 18.5 Å². The van der Waals surface area contributed by atoms with E-state index in [1.54, 1.807) is 23.5 Å². The predicted octanol–water partition coefficient (Wildman–Crippen LogP) is 2.26. The van der Waals surface area contributed by atoms with E-state index >= 15 is 0 Å². The summed E-state index contributed by atoms with van der Waals surface area (Å²) < 4.78 is 22.4. The number of primary sulfonamides is 1. The molecule has 0 radical (unpaired) electrons. The molecular weight excluding hydrogens is 306 g/mol. The van der Waals surface area contributed by atoms with Crippen LogP contribution >= 0.6 is 11.3 Å². The molecule has 1 unspecified atom stereocenters. The van der Waals surface area contributed by atoms with Crippen molar-refractivity contribution in [1.82, 2.24) is 10.3 Å². The summed E-state index contributed by atoms with van der Waals surface area (Å²) in [5.41, 5.74) is 2.07. The van der Waals surface area contributed by atoms with Crippen molar-refractivity contribution in [2.24, 2.45) is 5.14 Å². The lowest BCUT2D eigenvalue weighted by Gasteiger charge is -2.13. The fourth-order valence-corrected chi connectivity index (χ4v) is 3.58. The summed E-state index contributed by atoms with van der Waals surface area (Å²) in [7, 11) is -3.62. The van der Waals surface area contributed by atoms with E-state index in [2.05, 4.69) is 17.2 Å². The number of nitrogens with one attached hydrogen (secondary N) is 1. The number of nitrogens with zero attached hydrogens (tertiary/aromatic N) is 1. The van der Waals surface area contributed by atoms with Crippen LogP contribution in [0, 0.1) is 13.8 Å². The molecule has 0 saturated heterocycles. The van der Waals surface area contributed by atoms with Crippen molar-refractivity contribution >= 4 is 21.4 Å². The van der Waals surface area contributed by atoms with Crippen LogP contribution in [0.25, 0.3) is 0 Å². The van der Waals surface area contributed by atoms with Crippen LogP contribution in [0.3, 0.4) is 0 Å². The van der Waals surface area contributed by atoms with Gasteiger partial charge in [0.15, 0.2) is 0 Å². The van der Waals surface area contributed by atoms with Gasteiger partial charge in [0.25, 0.3) is 0 Å². The molecule has 0 amide bonds. The van der Waals surface area contributed by atoms with Gasteiger partial charge in [0.05, 0.1) is 15.6 Å².